The molecule has 0 bridgehead atoms. The Bertz CT molecular complexity index is 1850. The van der Waals surface area contributed by atoms with Gasteiger partial charge in [0.1, 0.15) is 47.3 Å². The molecule has 50 heavy (non-hydrogen) atoms. The summed E-state index contributed by atoms with van der Waals surface area (Å²) in [5, 5.41) is 22.1. The monoisotopic (exact) mass is 748 g/mol. The van der Waals surface area contributed by atoms with E-state index in [-0.39, 0.29) is 23.0 Å². The summed E-state index contributed by atoms with van der Waals surface area (Å²) in [5.74, 6) is -3.67. The Morgan fingerprint density at radius 3 is 1.26 bits per heavy atom. The molecule has 4 rings (SSSR count). The molecule has 4 aromatic rings. The first kappa shape index (κ1) is 37.2. The number of esters is 2. The molecule has 0 unspecified atom stereocenters. The van der Waals surface area contributed by atoms with Crippen LogP contribution in [0, 0.1) is 20.2 Å². The second-order valence-corrected chi connectivity index (χ2v) is 10.4. The molecule has 262 valence electrons. The van der Waals surface area contributed by atoms with E-state index < -0.39 is 91.0 Å². The second-order valence-electron chi connectivity index (χ2n) is 9.63. The van der Waals surface area contributed by atoms with Crippen LogP contribution >= 0.6 is 23.2 Å². The molecule has 20 heteroatoms. The Kier molecular flexibility index (Phi) is 11.1. The van der Waals surface area contributed by atoms with Crippen LogP contribution in [-0.4, -0.2) is 35.0 Å². The van der Waals surface area contributed by atoms with Crippen LogP contribution in [0.4, 0.5) is 37.7 Å². The number of carbonyl (C=O) groups is 2. The normalized spacial score (nSPS) is 11.4. The van der Waals surface area contributed by atoms with Crippen LogP contribution in [0.5, 0.6) is 23.0 Å². The number of nitrogens with zero attached hydrogens (tertiary/aromatic N) is 2. The van der Waals surface area contributed by atoms with Gasteiger partial charge < -0.3 is 18.9 Å². The van der Waals surface area contributed by atoms with Gasteiger partial charge in [0.15, 0.2) is 0 Å². The molecule has 0 saturated heterocycles. The van der Waals surface area contributed by atoms with Crippen LogP contribution in [0.3, 0.4) is 0 Å². The van der Waals surface area contributed by atoms with E-state index in [4.69, 9.17) is 42.1 Å². The van der Waals surface area contributed by atoms with Crippen LogP contribution in [0.1, 0.15) is 31.8 Å². The lowest BCUT2D eigenvalue weighted by Crippen LogP contribution is -2.16. The van der Waals surface area contributed by atoms with Crippen LogP contribution < -0.4 is 9.47 Å². The zero-order valence-electron chi connectivity index (χ0n) is 24.3. The highest BCUT2D eigenvalue weighted by atomic mass is 35.5. The number of halogens is 8. The van der Waals surface area contributed by atoms with Gasteiger partial charge in [0.05, 0.1) is 31.0 Å². The average Bonchev–Trinajstić information content (AvgIpc) is 3.03. The molecule has 0 N–H and O–H groups in total. The first-order valence-corrected chi connectivity index (χ1v) is 14.1. The minimum atomic E-state index is -4.69. The number of ether oxygens (including phenoxy) is 4. The third-order valence-electron chi connectivity index (χ3n) is 6.29. The van der Waals surface area contributed by atoms with E-state index in [1.54, 1.807) is 0 Å². The maximum Gasteiger partial charge on any atom is 0.416 e. The smallest absolute Gasteiger partial charge is 0.416 e. The van der Waals surface area contributed by atoms with Gasteiger partial charge in [0.25, 0.3) is 11.4 Å². The fraction of sp³-hybridized carbons (Fsp3) is 0.133. The van der Waals surface area contributed by atoms with Crippen LogP contribution in [0.25, 0.3) is 0 Å². The van der Waals surface area contributed by atoms with E-state index in [1.165, 1.54) is 0 Å². The summed E-state index contributed by atoms with van der Waals surface area (Å²) in [5.41, 5.74) is -4.96. The molecular weight excluding hydrogens is 733 g/mol. The van der Waals surface area contributed by atoms with Crippen molar-refractivity contribution in [3.05, 3.63) is 125 Å². The Morgan fingerprint density at radius 2 is 0.960 bits per heavy atom. The lowest BCUT2D eigenvalue weighted by molar-refractivity contribution is -0.385. The highest BCUT2D eigenvalue weighted by molar-refractivity contribution is 6.32. The first-order chi connectivity index (χ1) is 23.3. The predicted octanol–water partition coefficient (Wildman–Crippen LogP) is 9.45. The van der Waals surface area contributed by atoms with E-state index in [2.05, 4.69) is 0 Å². The second kappa shape index (κ2) is 14.9. The highest BCUT2D eigenvalue weighted by Gasteiger charge is 2.32. The van der Waals surface area contributed by atoms with Crippen molar-refractivity contribution in [1.29, 1.82) is 0 Å². The average molecular weight is 749 g/mol. The lowest BCUT2D eigenvalue weighted by Gasteiger charge is -2.12. The largest absolute Gasteiger partial charge is 0.458 e. The fourth-order valence-electron chi connectivity index (χ4n) is 4.00. The maximum atomic E-state index is 12.9. The molecule has 4 aromatic carbocycles. The molecule has 0 amide bonds. The van der Waals surface area contributed by atoms with Gasteiger partial charge in [-0.1, -0.05) is 23.2 Å². The fourth-order valence-corrected chi connectivity index (χ4v) is 4.44. The molecule has 0 fully saturated rings. The topological polar surface area (TPSA) is 157 Å². The highest BCUT2D eigenvalue weighted by Crippen LogP contribution is 2.39. The summed E-state index contributed by atoms with van der Waals surface area (Å²) in [6.07, 6.45) is -9.39. The number of nitro benzene ring substituents is 2. The van der Waals surface area contributed by atoms with E-state index in [0.717, 1.165) is 48.5 Å². The van der Waals surface area contributed by atoms with Crippen molar-refractivity contribution in [3.63, 3.8) is 0 Å². The van der Waals surface area contributed by atoms with Crippen LogP contribution in [0.15, 0.2) is 72.8 Å². The Balaban J connectivity index is 1.43. The third-order valence-corrected chi connectivity index (χ3v) is 6.88. The van der Waals surface area contributed by atoms with Crippen molar-refractivity contribution in [2.24, 2.45) is 0 Å². The summed E-state index contributed by atoms with van der Waals surface area (Å²) >= 11 is 11.7. The maximum absolute atomic E-state index is 12.9. The zero-order valence-corrected chi connectivity index (χ0v) is 25.9. The number of hydrogen-bond donors (Lipinski definition) is 0. The number of alkyl halides is 6. The van der Waals surface area contributed by atoms with Crippen molar-refractivity contribution in [2.45, 2.75) is 12.4 Å². The number of rotatable bonds is 11. The van der Waals surface area contributed by atoms with E-state index in [1.807, 2.05) is 0 Å². The SMILES string of the molecule is O=C(OCCOC(=O)c1cc(Oc2ccc(C(F)(F)F)cc2Cl)ccc1[N+](=O)[O-])c1cc(Oc2ccc(C(F)(F)F)cc2Cl)ccc1[N+](=O)[O-]. The molecule has 0 aromatic heterocycles. The van der Waals surface area contributed by atoms with Crippen molar-refractivity contribution in [1.82, 2.24) is 0 Å². The Labute approximate surface area is 284 Å². The molecule has 0 saturated carbocycles. The quantitative estimate of drug-likeness (QED) is 0.0476. The number of benzene rings is 4. The van der Waals surface area contributed by atoms with Crippen molar-refractivity contribution >= 4 is 46.5 Å². The van der Waals surface area contributed by atoms with Crippen molar-refractivity contribution < 1.29 is 64.7 Å². The molecule has 0 heterocycles. The summed E-state index contributed by atoms with van der Waals surface area (Å²) in [6, 6.07) is 9.84. The Morgan fingerprint density at radius 1 is 0.600 bits per heavy atom. The van der Waals surface area contributed by atoms with Crippen LogP contribution in [-0.2, 0) is 21.8 Å². The summed E-state index contributed by atoms with van der Waals surface area (Å²) in [7, 11) is 0. The molecule has 0 aliphatic carbocycles. The Hall–Kier alpha value is -5.62. The third kappa shape index (κ3) is 9.08. The van der Waals surface area contributed by atoms with Gasteiger partial charge in [-0.3, -0.25) is 20.2 Å². The van der Waals surface area contributed by atoms with Gasteiger partial charge in [-0.05, 0) is 48.5 Å². The van der Waals surface area contributed by atoms with Gasteiger partial charge in [0, 0.05) is 24.3 Å². The number of hydrogen-bond acceptors (Lipinski definition) is 10. The lowest BCUT2D eigenvalue weighted by atomic mass is 10.1. The summed E-state index contributed by atoms with van der Waals surface area (Å²) in [4.78, 5) is 46.6. The van der Waals surface area contributed by atoms with Crippen molar-refractivity contribution in [3.8, 4) is 23.0 Å². The standard InChI is InChI=1S/C30H16Cl2F6N2O10/c31-21-11-15(29(33,34)35)1-7-25(21)49-17-3-5-23(39(43)44)19(13-17)27(41)47-9-10-48-28(42)20-14-18(4-6-24(20)40(45)46)50-26-8-2-16(12-22(26)32)30(36,37)38/h1-8,11-14H,9-10H2. The van der Waals surface area contributed by atoms with E-state index in [0.29, 0.717) is 24.3 Å². The van der Waals surface area contributed by atoms with Crippen LogP contribution in [0.2, 0.25) is 10.0 Å². The van der Waals surface area contributed by atoms with Gasteiger partial charge >= 0.3 is 24.3 Å². The molecule has 0 atom stereocenters. The molecular formula is C30H16Cl2F6N2O10. The summed E-state index contributed by atoms with van der Waals surface area (Å²) < 4.78 is 98.2. The van der Waals surface area contributed by atoms with Crippen molar-refractivity contribution in [2.75, 3.05) is 13.2 Å². The summed E-state index contributed by atoms with van der Waals surface area (Å²) in [6.45, 7) is -1.44. The molecule has 0 aliphatic heterocycles. The minimum Gasteiger partial charge on any atom is -0.458 e. The first-order valence-electron chi connectivity index (χ1n) is 13.4. The molecule has 0 radical (unpaired) electrons. The van der Waals surface area contributed by atoms with E-state index >= 15 is 0 Å². The van der Waals surface area contributed by atoms with Gasteiger partial charge in [-0.25, -0.2) is 9.59 Å². The number of carbonyl (C=O) groups excluding carboxylic acids is 2. The van der Waals surface area contributed by atoms with Gasteiger partial charge in [-0.15, -0.1) is 0 Å². The zero-order chi connectivity index (χ0) is 37.0. The minimum absolute atomic E-state index is 0.248. The molecule has 0 spiro atoms. The number of nitro groups is 2. The molecule has 0 aliphatic rings. The van der Waals surface area contributed by atoms with Gasteiger partial charge in [-0.2, -0.15) is 26.3 Å². The van der Waals surface area contributed by atoms with Gasteiger partial charge in [0.2, 0.25) is 0 Å². The molecule has 12 nitrogen and oxygen atoms in total. The van der Waals surface area contributed by atoms with E-state index in [9.17, 15) is 56.2 Å². The predicted molar refractivity (Wildman–Crippen MR) is 160 cm³/mol.